The van der Waals surface area contributed by atoms with E-state index in [2.05, 4.69) is 42.8 Å². The summed E-state index contributed by atoms with van der Waals surface area (Å²) in [5, 5.41) is 38.6. The molecule has 3 aromatic heterocycles. The number of amides is 5. The van der Waals surface area contributed by atoms with E-state index in [9.17, 15) is 62.9 Å². The number of aldehydes is 1. The monoisotopic (exact) mass is 1560 g/mol. The van der Waals surface area contributed by atoms with Crippen LogP contribution in [0.2, 0.25) is 5.02 Å². The smallest absolute Gasteiger partial charge is 0.345 e. The number of hydrogen-bond acceptors (Lipinski definition) is 21. The minimum atomic E-state index is -1.48. The van der Waals surface area contributed by atoms with E-state index in [4.69, 9.17) is 40.3 Å². The van der Waals surface area contributed by atoms with Gasteiger partial charge in [0.15, 0.2) is 5.82 Å². The van der Waals surface area contributed by atoms with Crippen LogP contribution in [0.4, 0.5) is 10.1 Å². The molecule has 32 heteroatoms. The zero-order chi connectivity index (χ0) is 79.9. The van der Waals surface area contributed by atoms with Gasteiger partial charge in [0.05, 0.1) is 88.3 Å². The number of anilines is 1. The van der Waals surface area contributed by atoms with Gasteiger partial charge in [-0.2, -0.15) is 0 Å². The zero-order valence-corrected chi connectivity index (χ0v) is 64.1. The number of ether oxygens (including phenoxy) is 5. The van der Waals surface area contributed by atoms with Crippen LogP contribution in [-0.4, -0.2) is 239 Å². The SMILES string of the molecule is COc1ccccc1-c1nccc(COc2ccccc2CC(Oc2ncnc3sc(-c4ccc(F)cc4)c(-c4ccc(OCCN5CC[N+](C)(Cc6ccc(NC(=O)CNC(=O)C(NC(=O)CCOCCN(C)C(=O)/C=C\C=O)C(C)C)cc6CN(C)C(=O)CN(CC(=O)O)CC(=O)O)CC5)c(Cl)c4C)c23)C(=O)O)n1. The molecule has 1 fully saturated rings. The van der Waals surface area contributed by atoms with Crippen molar-refractivity contribution in [1.82, 2.24) is 50.2 Å². The molecule has 2 unspecified atom stereocenters. The molecule has 9 rings (SSSR count). The number of carbonyl (C=O) groups excluding carboxylic acids is 6. The summed E-state index contributed by atoms with van der Waals surface area (Å²) in [4.78, 5) is 138. The number of benzene rings is 5. The second-order valence-electron chi connectivity index (χ2n) is 27.1. The van der Waals surface area contributed by atoms with Crippen LogP contribution in [0.25, 0.3) is 43.2 Å². The van der Waals surface area contributed by atoms with Crippen molar-refractivity contribution >= 4 is 92.6 Å². The molecule has 8 aromatic rings. The van der Waals surface area contributed by atoms with E-state index in [1.807, 2.05) is 43.3 Å². The number of likely N-dealkylation sites (N-methyl/N-ethyl adjacent to an activating group) is 3. The van der Waals surface area contributed by atoms with Gasteiger partial charge in [0.1, 0.15) is 66.3 Å². The number of thiophene rings is 1. The molecule has 2 atom stereocenters. The summed E-state index contributed by atoms with van der Waals surface area (Å²) in [7, 11) is 6.72. The summed E-state index contributed by atoms with van der Waals surface area (Å²) in [6.07, 6.45) is 3.92. The Kier molecular flexibility index (Phi) is 30.0. The number of nitrogens with one attached hydrogen (secondary N) is 3. The number of allylic oxidation sites excluding steroid dienone is 1. The lowest BCUT2D eigenvalue weighted by molar-refractivity contribution is -0.926. The van der Waals surface area contributed by atoms with Crippen LogP contribution in [-0.2, 0) is 74.0 Å². The highest BCUT2D eigenvalue weighted by Crippen LogP contribution is 2.50. The molecule has 1 saturated heterocycles. The van der Waals surface area contributed by atoms with Crippen molar-refractivity contribution < 1.29 is 91.0 Å². The van der Waals surface area contributed by atoms with Gasteiger partial charge in [-0.25, -0.2) is 29.1 Å². The zero-order valence-electron chi connectivity index (χ0n) is 62.5. The predicted octanol–water partition coefficient (Wildman–Crippen LogP) is 7.83. The number of carboxylic acids is 3. The van der Waals surface area contributed by atoms with Crippen molar-refractivity contribution in [2.24, 2.45) is 5.92 Å². The summed E-state index contributed by atoms with van der Waals surface area (Å²) < 4.78 is 45.4. The third-order valence-electron chi connectivity index (χ3n) is 18.5. The molecule has 5 amide bonds. The normalized spacial score (nSPS) is 13.3. The number of piperazine rings is 1. The third-order valence-corrected chi connectivity index (χ3v) is 20.1. The molecule has 29 nitrogen and oxygen atoms in total. The molecule has 4 heterocycles. The number of halogens is 2. The number of carboxylic acid groups (broad SMARTS) is 3. The number of rotatable bonds is 40. The van der Waals surface area contributed by atoms with Gasteiger partial charge in [0.25, 0.3) is 0 Å². The van der Waals surface area contributed by atoms with Crippen LogP contribution < -0.4 is 34.9 Å². The lowest BCUT2D eigenvalue weighted by Crippen LogP contribution is -2.57. The molecule has 1 aliphatic heterocycles. The summed E-state index contributed by atoms with van der Waals surface area (Å²) in [6.45, 7) is 7.25. The number of aromatic nitrogens is 4. The van der Waals surface area contributed by atoms with Gasteiger partial charge in [-0.15, -0.1) is 11.3 Å². The Labute approximate surface area is 649 Å². The summed E-state index contributed by atoms with van der Waals surface area (Å²) in [5.74, 6) is -5.48. The fourth-order valence-corrected chi connectivity index (χ4v) is 13.8. The number of methoxy groups -OCH3 is 1. The van der Waals surface area contributed by atoms with Crippen LogP contribution in [0.3, 0.4) is 0 Å². The maximum atomic E-state index is 14.6. The van der Waals surface area contributed by atoms with E-state index in [0.717, 1.165) is 22.6 Å². The molecule has 0 aliphatic carbocycles. The molecule has 5 aromatic carbocycles. The highest BCUT2D eigenvalue weighted by Gasteiger charge is 2.33. The predicted molar refractivity (Wildman–Crippen MR) is 411 cm³/mol. The summed E-state index contributed by atoms with van der Waals surface area (Å²) in [5.41, 5.74) is 6.09. The second-order valence-corrected chi connectivity index (χ2v) is 28.5. The average Bonchev–Trinajstić information content (AvgIpc) is 1.61. The van der Waals surface area contributed by atoms with Crippen LogP contribution in [0.1, 0.15) is 48.2 Å². The first-order valence-electron chi connectivity index (χ1n) is 35.6. The molecule has 0 radical (unpaired) electrons. The average molecular weight is 1570 g/mol. The van der Waals surface area contributed by atoms with Crippen molar-refractivity contribution in [2.75, 3.05) is 119 Å². The van der Waals surface area contributed by atoms with Crippen LogP contribution >= 0.6 is 22.9 Å². The minimum absolute atomic E-state index is 0.00219. The Morgan fingerprint density at radius 3 is 2.21 bits per heavy atom. The standard InChI is InChI=1S/C79H88ClFN12O17S/c1-49(2)73(88-64(95)27-36-107-37-31-89(4)66(97)17-12-35-94)76(103)83-41-65(96)86-56-23-20-53(54(39-56)42-90(5)67(98)43-92(44-68(99)100)45-69(101)102)46-93(6)33-29-91(30-34-93)32-38-108-62-25-24-58(50(3)72(62)80)70-71-77(84-48-85-78(71)111-74(70)51-18-21-55(81)22-19-51)110-63(79(104)105)40-52-13-8-10-15-60(52)109-47-57-26-28-82-75(87-57)59-14-9-11-16-61(59)106-7/h8-26,28,35,39,48-49,63,73H,27,29-34,36-38,40-47H2,1-7H3,(H5-,83,86,88,95,96,99,100,101,102,103,104,105)/p+1/b17-12-. The quantitative estimate of drug-likeness (QED) is 0.00921. The lowest BCUT2D eigenvalue weighted by atomic mass is 9.96. The number of carbonyl (C=O) groups is 9. The largest absolute Gasteiger partial charge is 0.496 e. The Bertz CT molecular complexity index is 4680. The van der Waals surface area contributed by atoms with Gasteiger partial charge in [-0.1, -0.05) is 80.0 Å². The van der Waals surface area contributed by atoms with Gasteiger partial charge in [-0.3, -0.25) is 48.2 Å². The molecule has 0 saturated carbocycles. The van der Waals surface area contributed by atoms with Gasteiger partial charge in [-0.05, 0) is 101 Å². The maximum absolute atomic E-state index is 14.6. The lowest BCUT2D eigenvalue weighted by Gasteiger charge is -2.42. The molecule has 586 valence electrons. The number of aliphatic carboxylic acids is 3. The van der Waals surface area contributed by atoms with Crippen molar-refractivity contribution in [2.45, 2.75) is 65.5 Å². The molecule has 6 N–H and O–H groups in total. The molecule has 0 spiro atoms. The van der Waals surface area contributed by atoms with Gasteiger partial charge >= 0.3 is 17.9 Å². The summed E-state index contributed by atoms with van der Waals surface area (Å²) in [6, 6.07) is 30.0. The first-order chi connectivity index (χ1) is 53.2. The van der Waals surface area contributed by atoms with Gasteiger partial charge < -0.3 is 69.2 Å². The van der Waals surface area contributed by atoms with E-state index in [-0.39, 0.29) is 64.2 Å². The maximum Gasteiger partial charge on any atom is 0.345 e. The van der Waals surface area contributed by atoms with E-state index in [1.165, 1.54) is 53.7 Å². The van der Waals surface area contributed by atoms with Crippen molar-refractivity contribution in [3.8, 4) is 56.1 Å². The van der Waals surface area contributed by atoms with Gasteiger partial charge in [0.2, 0.25) is 41.5 Å². The Morgan fingerprint density at radius 1 is 0.784 bits per heavy atom. The number of para-hydroxylation sites is 2. The molecule has 0 bridgehead atoms. The highest BCUT2D eigenvalue weighted by atomic mass is 35.5. The third kappa shape index (κ3) is 23.6. The van der Waals surface area contributed by atoms with Gasteiger partial charge in [0, 0.05) is 93.6 Å². The van der Waals surface area contributed by atoms with Crippen LogP contribution in [0.15, 0.2) is 134 Å². The fourth-order valence-electron chi connectivity index (χ4n) is 12.4. The fraction of sp³-hybridized carbons (Fsp3) is 0.354. The number of nitrogens with zero attached hydrogens (tertiary/aromatic N) is 9. The van der Waals surface area contributed by atoms with Crippen LogP contribution in [0.5, 0.6) is 23.1 Å². The molecule has 1 aliphatic rings. The number of fused-ring (bicyclic) bond motifs is 1. The topological polar surface area (TPSA) is 361 Å². The first kappa shape index (κ1) is 83.7. The number of quaternary nitrogens is 1. The van der Waals surface area contributed by atoms with E-state index >= 15 is 0 Å². The van der Waals surface area contributed by atoms with Crippen molar-refractivity contribution in [3.05, 3.63) is 173 Å². The van der Waals surface area contributed by atoms with E-state index in [0.29, 0.717) is 144 Å². The number of hydrogen-bond donors (Lipinski definition) is 6. The Balaban J connectivity index is 0.849. The first-order valence-corrected chi connectivity index (χ1v) is 36.8. The Morgan fingerprint density at radius 2 is 1.50 bits per heavy atom. The van der Waals surface area contributed by atoms with Crippen molar-refractivity contribution in [3.63, 3.8) is 0 Å². The second kappa shape index (κ2) is 39.8. The highest BCUT2D eigenvalue weighted by molar-refractivity contribution is 7.22. The van der Waals surface area contributed by atoms with E-state index in [1.54, 1.807) is 87.8 Å². The summed E-state index contributed by atoms with van der Waals surface area (Å²) >= 11 is 8.57. The molecular weight excluding hydrogens is 1480 g/mol. The molecular formula is C79H89ClFN12O17S+. The molecule has 111 heavy (non-hydrogen) atoms. The van der Waals surface area contributed by atoms with Crippen LogP contribution in [0, 0.1) is 18.7 Å². The minimum Gasteiger partial charge on any atom is -0.496 e. The van der Waals surface area contributed by atoms with Crippen molar-refractivity contribution in [1.29, 1.82) is 0 Å². The van der Waals surface area contributed by atoms with E-state index < -0.39 is 91.6 Å². The Hall–Kier alpha value is -11.4.